The van der Waals surface area contributed by atoms with Gasteiger partial charge in [-0.25, -0.2) is 0 Å². The van der Waals surface area contributed by atoms with E-state index >= 15 is 0 Å². The van der Waals surface area contributed by atoms with E-state index in [0.717, 1.165) is 5.56 Å². The fraction of sp³-hybridized carbons (Fsp3) is 0.467. The quantitative estimate of drug-likeness (QED) is 0.469. The van der Waals surface area contributed by atoms with E-state index in [1.807, 2.05) is 30.3 Å². The number of aliphatic carboxylic acids is 1. The second kappa shape index (κ2) is 7.19. The van der Waals surface area contributed by atoms with Crippen molar-refractivity contribution in [2.24, 2.45) is 11.7 Å². The van der Waals surface area contributed by atoms with Crippen LogP contribution in [0.15, 0.2) is 30.3 Å². The van der Waals surface area contributed by atoms with E-state index in [1.54, 1.807) is 20.8 Å². The number of benzene rings is 1. The Morgan fingerprint density at radius 3 is 2.29 bits per heavy atom. The molecule has 0 fully saturated rings. The summed E-state index contributed by atoms with van der Waals surface area (Å²) in [4.78, 5) is 23.1. The minimum Gasteiger partial charge on any atom is -0.480 e. The van der Waals surface area contributed by atoms with Gasteiger partial charge in [0, 0.05) is 0 Å². The van der Waals surface area contributed by atoms with Crippen molar-refractivity contribution >= 4 is 11.9 Å². The van der Waals surface area contributed by atoms with Crippen LogP contribution < -0.4 is 5.73 Å². The van der Waals surface area contributed by atoms with Crippen molar-refractivity contribution in [2.75, 3.05) is 0 Å². The highest BCUT2D eigenvalue weighted by Gasteiger charge is 2.37. The summed E-state index contributed by atoms with van der Waals surface area (Å²) in [5, 5.41) is 9.15. The Morgan fingerprint density at radius 1 is 1.24 bits per heavy atom. The van der Waals surface area contributed by atoms with Gasteiger partial charge in [-0.3, -0.25) is 9.59 Å². The first-order chi connectivity index (χ1) is 9.70. The van der Waals surface area contributed by atoms with Gasteiger partial charge >= 0.3 is 11.9 Å². The monoisotopic (exact) mass is 295 g/mol. The van der Waals surface area contributed by atoms with E-state index in [4.69, 9.17) is 20.3 Å². The minimum atomic E-state index is -1.56. The van der Waals surface area contributed by atoms with Crippen LogP contribution in [0, 0.1) is 5.92 Å². The van der Waals surface area contributed by atoms with Gasteiger partial charge in [0.25, 0.3) is 0 Å². The predicted octanol–water partition coefficient (Wildman–Crippen LogP) is 1.53. The van der Waals surface area contributed by atoms with Crippen LogP contribution in [0.1, 0.15) is 26.3 Å². The van der Waals surface area contributed by atoms with Crippen molar-refractivity contribution in [3.8, 4) is 0 Å². The highest BCUT2D eigenvalue weighted by atomic mass is 16.6. The van der Waals surface area contributed by atoms with Gasteiger partial charge in [-0.1, -0.05) is 30.3 Å². The molecule has 0 bridgehead atoms. The van der Waals surface area contributed by atoms with E-state index in [-0.39, 0.29) is 6.61 Å². The molecule has 0 radical (unpaired) electrons. The predicted molar refractivity (Wildman–Crippen MR) is 76.2 cm³/mol. The Labute approximate surface area is 123 Å². The first kappa shape index (κ1) is 17.1. The SMILES string of the molecule is CC(C)(C)OC(=O)C(C(=O)O)C(N)OCc1ccccc1. The lowest BCUT2D eigenvalue weighted by Gasteiger charge is -2.25. The van der Waals surface area contributed by atoms with E-state index in [2.05, 4.69) is 0 Å². The van der Waals surface area contributed by atoms with Gasteiger partial charge in [0.1, 0.15) is 11.8 Å². The first-order valence-electron chi connectivity index (χ1n) is 6.57. The summed E-state index contributed by atoms with van der Waals surface area (Å²) in [5.41, 5.74) is 5.73. The maximum Gasteiger partial charge on any atom is 0.324 e. The molecule has 0 aliphatic heterocycles. The highest BCUT2D eigenvalue weighted by Crippen LogP contribution is 2.15. The molecule has 1 aromatic rings. The molecule has 3 N–H and O–H groups in total. The topological polar surface area (TPSA) is 98.9 Å². The van der Waals surface area contributed by atoms with Crippen molar-refractivity contribution in [2.45, 2.75) is 39.2 Å². The van der Waals surface area contributed by atoms with E-state index in [9.17, 15) is 9.59 Å². The van der Waals surface area contributed by atoms with Crippen molar-refractivity contribution in [1.29, 1.82) is 0 Å². The van der Waals surface area contributed by atoms with Crippen molar-refractivity contribution in [3.05, 3.63) is 35.9 Å². The Morgan fingerprint density at radius 2 is 1.81 bits per heavy atom. The van der Waals surface area contributed by atoms with Crippen LogP contribution in [0.5, 0.6) is 0 Å². The maximum atomic E-state index is 11.9. The molecule has 0 spiro atoms. The number of rotatable bonds is 6. The molecule has 0 aliphatic carbocycles. The molecule has 1 aromatic carbocycles. The van der Waals surface area contributed by atoms with Crippen molar-refractivity contribution in [3.63, 3.8) is 0 Å². The summed E-state index contributed by atoms with van der Waals surface area (Å²) in [6.07, 6.45) is -1.28. The molecule has 0 saturated carbocycles. The molecular weight excluding hydrogens is 274 g/mol. The smallest absolute Gasteiger partial charge is 0.324 e. The van der Waals surface area contributed by atoms with E-state index < -0.39 is 29.7 Å². The highest BCUT2D eigenvalue weighted by molar-refractivity contribution is 5.94. The van der Waals surface area contributed by atoms with Crippen LogP contribution in [0.2, 0.25) is 0 Å². The van der Waals surface area contributed by atoms with Crippen LogP contribution in [0.3, 0.4) is 0 Å². The van der Waals surface area contributed by atoms with Crippen LogP contribution in [0.25, 0.3) is 0 Å². The Kier molecular flexibility index (Phi) is 5.87. The third-order valence-electron chi connectivity index (χ3n) is 2.54. The number of carbonyl (C=O) groups excluding carboxylic acids is 1. The number of carboxylic acid groups (broad SMARTS) is 1. The molecule has 2 unspecified atom stereocenters. The molecule has 6 nitrogen and oxygen atoms in total. The van der Waals surface area contributed by atoms with Crippen LogP contribution >= 0.6 is 0 Å². The fourth-order valence-electron chi connectivity index (χ4n) is 1.60. The number of hydrogen-bond donors (Lipinski definition) is 2. The summed E-state index contributed by atoms with van der Waals surface area (Å²) in [6.45, 7) is 5.08. The van der Waals surface area contributed by atoms with Gasteiger partial charge in [-0.15, -0.1) is 0 Å². The van der Waals surface area contributed by atoms with Crippen molar-refractivity contribution in [1.82, 2.24) is 0 Å². The molecule has 0 amide bonds. The summed E-state index contributed by atoms with van der Waals surface area (Å²) in [7, 11) is 0. The zero-order chi connectivity index (χ0) is 16.0. The van der Waals surface area contributed by atoms with Gasteiger partial charge < -0.3 is 20.3 Å². The van der Waals surface area contributed by atoms with Crippen LogP contribution in [-0.2, 0) is 25.7 Å². The normalized spacial score (nSPS) is 14.3. The van der Waals surface area contributed by atoms with Crippen molar-refractivity contribution < 1.29 is 24.2 Å². The molecule has 2 atom stereocenters. The van der Waals surface area contributed by atoms with Crippen LogP contribution in [-0.4, -0.2) is 28.9 Å². The zero-order valence-corrected chi connectivity index (χ0v) is 12.4. The van der Waals surface area contributed by atoms with Gasteiger partial charge in [0.15, 0.2) is 5.92 Å². The maximum absolute atomic E-state index is 11.9. The molecule has 0 aromatic heterocycles. The number of hydrogen-bond acceptors (Lipinski definition) is 5. The minimum absolute atomic E-state index is 0.120. The number of nitrogens with two attached hydrogens (primary N) is 1. The zero-order valence-electron chi connectivity index (χ0n) is 12.4. The van der Waals surface area contributed by atoms with E-state index in [0.29, 0.717) is 0 Å². The Bertz CT molecular complexity index is 481. The van der Waals surface area contributed by atoms with Gasteiger partial charge in [0.05, 0.1) is 6.61 Å². The molecular formula is C15H21NO5. The largest absolute Gasteiger partial charge is 0.480 e. The second-order valence-electron chi connectivity index (χ2n) is 5.61. The molecule has 0 heterocycles. The molecule has 116 valence electrons. The molecule has 6 heteroatoms. The lowest BCUT2D eigenvalue weighted by Crippen LogP contribution is -2.45. The van der Waals surface area contributed by atoms with Gasteiger partial charge in [-0.05, 0) is 26.3 Å². The Balaban J connectivity index is 2.67. The molecule has 0 aliphatic rings. The molecule has 1 rings (SSSR count). The standard InChI is InChI=1S/C15H21NO5/c1-15(2,3)21-14(19)11(13(17)18)12(16)20-9-10-7-5-4-6-8-10/h4-8,11-12H,9,16H2,1-3H3,(H,17,18). The molecule has 21 heavy (non-hydrogen) atoms. The summed E-state index contributed by atoms with van der Waals surface area (Å²) in [6, 6.07) is 9.13. The van der Waals surface area contributed by atoms with Gasteiger partial charge in [-0.2, -0.15) is 0 Å². The number of carboxylic acids is 1. The van der Waals surface area contributed by atoms with E-state index in [1.165, 1.54) is 0 Å². The summed E-state index contributed by atoms with van der Waals surface area (Å²) < 4.78 is 10.3. The lowest BCUT2D eigenvalue weighted by atomic mass is 10.1. The van der Waals surface area contributed by atoms with Gasteiger partial charge in [0.2, 0.25) is 0 Å². The summed E-state index contributed by atoms with van der Waals surface area (Å²) in [5.74, 6) is -3.84. The lowest BCUT2D eigenvalue weighted by molar-refractivity contribution is -0.174. The number of ether oxygens (including phenoxy) is 2. The van der Waals surface area contributed by atoms with Crippen LogP contribution in [0.4, 0.5) is 0 Å². The summed E-state index contributed by atoms with van der Waals surface area (Å²) >= 11 is 0. The molecule has 0 saturated heterocycles. The average Bonchev–Trinajstić information content (AvgIpc) is 2.35. The number of esters is 1. The third-order valence-corrected chi connectivity index (χ3v) is 2.54. The fourth-order valence-corrected chi connectivity index (χ4v) is 1.60. The third kappa shape index (κ3) is 5.93. The Hall–Kier alpha value is -1.92. The average molecular weight is 295 g/mol. The first-order valence-corrected chi connectivity index (χ1v) is 6.57. The second-order valence-corrected chi connectivity index (χ2v) is 5.61. The number of carbonyl (C=O) groups is 2.